The Morgan fingerprint density at radius 1 is 1.27 bits per heavy atom. The first-order valence-electron chi connectivity index (χ1n) is 4.25. The third kappa shape index (κ3) is 3.65. The van der Waals surface area contributed by atoms with Crippen LogP contribution in [0.15, 0.2) is 18.2 Å². The number of hydrogen-bond donors (Lipinski definition) is 2. The minimum atomic E-state index is -4.23. The molecule has 1 aromatic rings. The zero-order valence-electron chi connectivity index (χ0n) is 7.74. The van der Waals surface area contributed by atoms with Crippen molar-refractivity contribution in [3.8, 4) is 0 Å². The molecule has 0 spiro atoms. The van der Waals surface area contributed by atoms with Gasteiger partial charge in [0.25, 0.3) is 0 Å². The molecule has 0 aliphatic carbocycles. The molecule has 0 heterocycles. The van der Waals surface area contributed by atoms with E-state index >= 15 is 0 Å². The highest BCUT2D eigenvalue weighted by atomic mass is 19.4. The van der Waals surface area contributed by atoms with Gasteiger partial charge in [0, 0.05) is 6.54 Å². The third-order valence-corrected chi connectivity index (χ3v) is 1.78. The Morgan fingerprint density at radius 3 is 2.53 bits per heavy atom. The Hall–Kier alpha value is -1.46. The van der Waals surface area contributed by atoms with Crippen molar-refractivity contribution in [2.45, 2.75) is 12.6 Å². The second-order valence-electron chi connectivity index (χ2n) is 2.99. The van der Waals surface area contributed by atoms with Crippen molar-refractivity contribution in [3.63, 3.8) is 0 Å². The number of nitrogen functional groups attached to an aromatic ring is 1. The summed E-state index contributed by atoms with van der Waals surface area (Å²) in [5, 5.41) is 2.43. The number of benzene rings is 1. The van der Waals surface area contributed by atoms with Crippen LogP contribution in [0.4, 0.5) is 28.9 Å². The summed E-state index contributed by atoms with van der Waals surface area (Å²) in [6.45, 7) is -0.322. The maximum absolute atomic E-state index is 12.9. The van der Waals surface area contributed by atoms with Gasteiger partial charge in [-0.1, -0.05) is 6.07 Å². The van der Waals surface area contributed by atoms with E-state index in [1.807, 2.05) is 0 Å². The van der Waals surface area contributed by atoms with Crippen LogP contribution >= 0.6 is 0 Å². The number of alkyl halides is 3. The van der Waals surface area contributed by atoms with Crippen molar-refractivity contribution in [3.05, 3.63) is 24.0 Å². The number of anilines is 2. The topological polar surface area (TPSA) is 38.0 Å². The number of nitrogens with one attached hydrogen (secondary N) is 1. The van der Waals surface area contributed by atoms with E-state index in [0.717, 1.165) is 6.07 Å². The number of nitrogens with two attached hydrogens (primary N) is 1. The quantitative estimate of drug-likeness (QED) is 0.609. The smallest absolute Gasteiger partial charge is 0.390 e. The van der Waals surface area contributed by atoms with Gasteiger partial charge in [-0.15, -0.1) is 0 Å². The molecular formula is C9H10F4N2. The van der Waals surface area contributed by atoms with Crippen LogP contribution in [0.1, 0.15) is 6.42 Å². The first-order chi connectivity index (χ1) is 6.90. The van der Waals surface area contributed by atoms with Gasteiger partial charge in [0.1, 0.15) is 5.82 Å². The lowest BCUT2D eigenvalue weighted by molar-refractivity contribution is -0.131. The summed E-state index contributed by atoms with van der Waals surface area (Å²) in [5.41, 5.74) is 5.33. The van der Waals surface area contributed by atoms with E-state index in [0.29, 0.717) is 0 Å². The van der Waals surface area contributed by atoms with Gasteiger partial charge in [0.05, 0.1) is 17.8 Å². The number of para-hydroxylation sites is 1. The van der Waals surface area contributed by atoms with E-state index in [-0.39, 0.29) is 17.9 Å². The van der Waals surface area contributed by atoms with Gasteiger partial charge in [-0.25, -0.2) is 4.39 Å². The van der Waals surface area contributed by atoms with Crippen LogP contribution in [0.25, 0.3) is 0 Å². The summed E-state index contributed by atoms with van der Waals surface area (Å²) in [6, 6.07) is 3.95. The molecule has 0 amide bonds. The van der Waals surface area contributed by atoms with Crippen LogP contribution in [-0.2, 0) is 0 Å². The maximum Gasteiger partial charge on any atom is 0.390 e. The average molecular weight is 222 g/mol. The maximum atomic E-state index is 12.9. The largest absolute Gasteiger partial charge is 0.395 e. The normalized spacial score (nSPS) is 11.5. The van der Waals surface area contributed by atoms with Gasteiger partial charge in [0.2, 0.25) is 0 Å². The highest BCUT2D eigenvalue weighted by Crippen LogP contribution is 2.23. The highest BCUT2D eigenvalue weighted by molar-refractivity contribution is 5.66. The number of halogens is 4. The van der Waals surface area contributed by atoms with Crippen LogP contribution in [-0.4, -0.2) is 12.7 Å². The lowest BCUT2D eigenvalue weighted by Crippen LogP contribution is -2.15. The van der Waals surface area contributed by atoms with Gasteiger partial charge in [-0.05, 0) is 12.1 Å². The van der Waals surface area contributed by atoms with Gasteiger partial charge in [0.15, 0.2) is 0 Å². The molecule has 1 rings (SSSR count). The first-order valence-corrected chi connectivity index (χ1v) is 4.25. The molecule has 0 saturated heterocycles. The summed E-state index contributed by atoms with van der Waals surface area (Å²) in [5.74, 6) is -0.646. The molecule has 2 nitrogen and oxygen atoms in total. The Balaban J connectivity index is 2.55. The fraction of sp³-hybridized carbons (Fsp3) is 0.333. The molecule has 1 aromatic carbocycles. The number of rotatable bonds is 3. The molecule has 0 atom stereocenters. The molecule has 0 radical (unpaired) electrons. The fourth-order valence-electron chi connectivity index (χ4n) is 1.03. The van der Waals surface area contributed by atoms with Crippen molar-refractivity contribution in [1.29, 1.82) is 0 Å². The molecule has 0 bridgehead atoms. The van der Waals surface area contributed by atoms with Gasteiger partial charge in [-0.3, -0.25) is 0 Å². The van der Waals surface area contributed by atoms with Crippen LogP contribution in [0.3, 0.4) is 0 Å². The van der Waals surface area contributed by atoms with E-state index in [2.05, 4.69) is 5.32 Å². The summed E-state index contributed by atoms with van der Waals surface area (Å²) < 4.78 is 48.2. The van der Waals surface area contributed by atoms with E-state index < -0.39 is 18.4 Å². The lowest BCUT2D eigenvalue weighted by atomic mass is 10.2. The molecule has 0 unspecified atom stereocenters. The Kier molecular flexibility index (Phi) is 3.39. The standard InChI is InChI=1S/C9H10F4N2/c10-6-2-1-3-7(8(6)14)15-5-4-9(11,12)13/h1-3,15H,4-5,14H2. The summed E-state index contributed by atoms with van der Waals surface area (Å²) >= 11 is 0. The van der Waals surface area contributed by atoms with Crippen molar-refractivity contribution in [1.82, 2.24) is 0 Å². The fourth-order valence-corrected chi connectivity index (χ4v) is 1.03. The average Bonchev–Trinajstić information content (AvgIpc) is 2.10. The molecule has 0 aliphatic heterocycles. The van der Waals surface area contributed by atoms with Crippen LogP contribution in [0, 0.1) is 5.82 Å². The zero-order chi connectivity index (χ0) is 11.5. The Morgan fingerprint density at radius 2 is 1.93 bits per heavy atom. The molecule has 84 valence electrons. The van der Waals surface area contributed by atoms with Gasteiger partial charge >= 0.3 is 6.18 Å². The molecule has 0 aromatic heterocycles. The molecule has 15 heavy (non-hydrogen) atoms. The van der Waals surface area contributed by atoms with E-state index in [4.69, 9.17) is 5.73 Å². The Labute approximate surface area is 84.1 Å². The predicted molar refractivity (Wildman–Crippen MR) is 50.0 cm³/mol. The number of hydrogen-bond acceptors (Lipinski definition) is 2. The highest BCUT2D eigenvalue weighted by Gasteiger charge is 2.26. The van der Waals surface area contributed by atoms with E-state index in [1.165, 1.54) is 12.1 Å². The molecule has 6 heteroatoms. The second kappa shape index (κ2) is 4.37. The van der Waals surface area contributed by atoms with E-state index in [1.54, 1.807) is 0 Å². The second-order valence-corrected chi connectivity index (χ2v) is 2.99. The minimum absolute atomic E-state index is 0.167. The third-order valence-electron chi connectivity index (χ3n) is 1.78. The van der Waals surface area contributed by atoms with Crippen molar-refractivity contribution in [2.24, 2.45) is 0 Å². The first kappa shape index (κ1) is 11.6. The molecular weight excluding hydrogens is 212 g/mol. The molecule has 0 fully saturated rings. The summed E-state index contributed by atoms with van der Waals surface area (Å²) in [6.07, 6.45) is -5.21. The van der Waals surface area contributed by atoms with Crippen molar-refractivity contribution >= 4 is 11.4 Å². The zero-order valence-corrected chi connectivity index (χ0v) is 7.74. The predicted octanol–water partition coefficient (Wildman–Crippen LogP) is 2.77. The van der Waals surface area contributed by atoms with E-state index in [9.17, 15) is 17.6 Å². The summed E-state index contributed by atoms with van der Waals surface area (Å²) in [4.78, 5) is 0. The molecule has 0 aliphatic rings. The van der Waals surface area contributed by atoms with Crippen molar-refractivity contribution < 1.29 is 17.6 Å². The van der Waals surface area contributed by atoms with Crippen LogP contribution in [0.5, 0.6) is 0 Å². The summed E-state index contributed by atoms with van der Waals surface area (Å²) in [7, 11) is 0. The molecule has 3 N–H and O–H groups in total. The van der Waals surface area contributed by atoms with Crippen molar-refractivity contribution in [2.75, 3.05) is 17.6 Å². The van der Waals surface area contributed by atoms with Gasteiger partial charge in [-0.2, -0.15) is 13.2 Å². The SMILES string of the molecule is Nc1c(F)cccc1NCCC(F)(F)F. The monoisotopic (exact) mass is 222 g/mol. The molecule has 0 saturated carbocycles. The lowest BCUT2D eigenvalue weighted by Gasteiger charge is -2.10. The minimum Gasteiger partial charge on any atom is -0.395 e. The van der Waals surface area contributed by atoms with Crippen LogP contribution < -0.4 is 11.1 Å². The van der Waals surface area contributed by atoms with Gasteiger partial charge < -0.3 is 11.1 Å². The Bertz CT molecular complexity index is 335. The van der Waals surface area contributed by atoms with Crippen LogP contribution in [0.2, 0.25) is 0 Å².